The predicted molar refractivity (Wildman–Crippen MR) is 110 cm³/mol. The van der Waals surface area contributed by atoms with Crippen LogP contribution < -0.4 is 10.6 Å². The van der Waals surface area contributed by atoms with E-state index in [-0.39, 0.29) is 24.7 Å². The van der Waals surface area contributed by atoms with Crippen LogP contribution in [0.15, 0.2) is 66.7 Å². The molecule has 8 heteroatoms. The highest BCUT2D eigenvalue weighted by atomic mass is 19.4. The van der Waals surface area contributed by atoms with Crippen molar-refractivity contribution < 1.29 is 22.8 Å². The van der Waals surface area contributed by atoms with Gasteiger partial charge in [-0.25, -0.2) is 0 Å². The zero-order valence-corrected chi connectivity index (χ0v) is 16.2. The van der Waals surface area contributed by atoms with E-state index in [1.807, 2.05) is 36.4 Å². The third-order valence-corrected chi connectivity index (χ3v) is 4.37. The number of amides is 2. The molecule has 0 saturated heterocycles. The number of halogens is 3. The first-order valence-electron chi connectivity index (χ1n) is 9.15. The monoisotopic (exact) mass is 415 g/mol. The van der Waals surface area contributed by atoms with Crippen molar-refractivity contribution in [2.24, 2.45) is 0 Å². The van der Waals surface area contributed by atoms with Gasteiger partial charge in [-0.3, -0.25) is 14.5 Å². The molecule has 0 atom stereocenters. The van der Waals surface area contributed by atoms with E-state index in [4.69, 9.17) is 0 Å². The van der Waals surface area contributed by atoms with Crippen LogP contribution in [0.4, 0.5) is 24.5 Å². The summed E-state index contributed by atoms with van der Waals surface area (Å²) in [5, 5.41) is 7.04. The quantitative estimate of drug-likeness (QED) is 0.629. The summed E-state index contributed by atoms with van der Waals surface area (Å²) in [6, 6.07) is 18.0. The summed E-state index contributed by atoms with van der Waals surface area (Å²) in [7, 11) is 1.54. The van der Waals surface area contributed by atoms with Crippen LogP contribution in [-0.4, -0.2) is 36.9 Å². The van der Waals surface area contributed by atoms with Crippen LogP contribution in [0.3, 0.4) is 0 Å². The molecule has 0 aliphatic rings. The van der Waals surface area contributed by atoms with Gasteiger partial charge in [-0.05, 0) is 42.1 Å². The Morgan fingerprint density at radius 2 is 1.43 bits per heavy atom. The minimum atomic E-state index is -4.57. The van der Waals surface area contributed by atoms with Crippen LogP contribution in [0, 0.1) is 0 Å². The first-order chi connectivity index (χ1) is 14.2. The molecule has 30 heavy (non-hydrogen) atoms. The predicted octanol–water partition coefficient (Wildman–Crippen LogP) is 4.37. The number of hydrogen-bond acceptors (Lipinski definition) is 3. The molecule has 3 aromatic carbocycles. The molecule has 0 heterocycles. The second-order valence-electron chi connectivity index (χ2n) is 6.87. The third-order valence-electron chi connectivity index (χ3n) is 4.37. The Hall–Kier alpha value is -3.39. The number of hydrogen-bond donors (Lipinski definition) is 2. The Kier molecular flexibility index (Phi) is 6.37. The van der Waals surface area contributed by atoms with E-state index in [1.165, 1.54) is 30.1 Å². The molecule has 0 aliphatic carbocycles. The van der Waals surface area contributed by atoms with Crippen molar-refractivity contribution >= 4 is 34.0 Å². The molecule has 0 radical (unpaired) electrons. The first-order valence-corrected chi connectivity index (χ1v) is 9.15. The lowest BCUT2D eigenvalue weighted by molar-refractivity contribution is -0.137. The van der Waals surface area contributed by atoms with Gasteiger partial charge in [-0.2, -0.15) is 13.2 Å². The molecule has 2 amide bonds. The molecule has 0 saturated carbocycles. The highest BCUT2D eigenvalue weighted by Crippen LogP contribution is 2.34. The summed E-state index contributed by atoms with van der Waals surface area (Å²) in [5.74, 6) is -0.982. The fourth-order valence-corrected chi connectivity index (χ4v) is 3.04. The smallest absolute Gasteiger partial charge is 0.325 e. The molecular formula is C22H20F3N3O2. The fourth-order valence-electron chi connectivity index (χ4n) is 3.04. The topological polar surface area (TPSA) is 61.4 Å². The van der Waals surface area contributed by atoms with Crippen LogP contribution in [0.1, 0.15) is 5.56 Å². The Balaban J connectivity index is 1.55. The minimum absolute atomic E-state index is 0.0961. The molecule has 2 N–H and O–H groups in total. The number of carbonyl (C=O) groups is 2. The van der Waals surface area contributed by atoms with E-state index in [0.717, 1.165) is 16.8 Å². The zero-order chi connectivity index (χ0) is 21.7. The lowest BCUT2D eigenvalue weighted by atomic mass is 10.1. The summed E-state index contributed by atoms with van der Waals surface area (Å²) >= 11 is 0. The molecule has 3 aromatic rings. The lowest BCUT2D eigenvalue weighted by Crippen LogP contribution is -2.36. The minimum Gasteiger partial charge on any atom is -0.325 e. The highest BCUT2D eigenvalue weighted by molar-refractivity contribution is 5.96. The van der Waals surface area contributed by atoms with Crippen molar-refractivity contribution in [1.82, 2.24) is 4.90 Å². The lowest BCUT2D eigenvalue weighted by Gasteiger charge is -2.18. The van der Waals surface area contributed by atoms with Gasteiger partial charge in [-0.1, -0.05) is 42.5 Å². The van der Waals surface area contributed by atoms with Gasteiger partial charge in [0.05, 0.1) is 24.3 Å². The number of nitrogens with one attached hydrogen (secondary N) is 2. The number of anilines is 2. The van der Waals surface area contributed by atoms with Crippen molar-refractivity contribution in [2.75, 3.05) is 30.8 Å². The van der Waals surface area contributed by atoms with E-state index in [2.05, 4.69) is 10.6 Å². The Morgan fingerprint density at radius 1 is 0.833 bits per heavy atom. The van der Waals surface area contributed by atoms with E-state index < -0.39 is 17.6 Å². The van der Waals surface area contributed by atoms with Gasteiger partial charge >= 0.3 is 6.18 Å². The van der Waals surface area contributed by atoms with Gasteiger partial charge in [0.15, 0.2) is 0 Å². The molecule has 0 spiro atoms. The van der Waals surface area contributed by atoms with Gasteiger partial charge < -0.3 is 10.6 Å². The van der Waals surface area contributed by atoms with Gasteiger partial charge in [0, 0.05) is 5.69 Å². The number of carbonyl (C=O) groups excluding carboxylic acids is 2. The molecular weight excluding hydrogens is 395 g/mol. The Morgan fingerprint density at radius 3 is 2.13 bits per heavy atom. The van der Waals surface area contributed by atoms with E-state index >= 15 is 0 Å². The standard InChI is InChI=1S/C22H20F3N3O2/c1-28(14-21(30)27-19-9-5-4-8-18(19)22(23,24)25)13-20(29)26-17-11-10-15-6-2-3-7-16(15)12-17/h2-12H,13-14H2,1H3,(H,26,29)(H,27,30). The van der Waals surface area contributed by atoms with Crippen molar-refractivity contribution in [3.63, 3.8) is 0 Å². The number of fused-ring (bicyclic) bond motifs is 1. The Bertz CT molecular complexity index is 1070. The normalized spacial score (nSPS) is 11.5. The van der Waals surface area contributed by atoms with Crippen LogP contribution >= 0.6 is 0 Å². The van der Waals surface area contributed by atoms with Crippen molar-refractivity contribution in [1.29, 1.82) is 0 Å². The number of benzene rings is 3. The van der Waals surface area contributed by atoms with E-state index in [1.54, 1.807) is 6.07 Å². The second-order valence-corrected chi connectivity index (χ2v) is 6.87. The van der Waals surface area contributed by atoms with Crippen LogP contribution in [-0.2, 0) is 15.8 Å². The number of likely N-dealkylation sites (N-methyl/N-ethyl adjacent to an activating group) is 1. The summed E-state index contributed by atoms with van der Waals surface area (Å²) in [6.07, 6.45) is -4.57. The maximum atomic E-state index is 13.0. The van der Waals surface area contributed by atoms with Crippen LogP contribution in [0.5, 0.6) is 0 Å². The molecule has 0 fully saturated rings. The SMILES string of the molecule is CN(CC(=O)Nc1ccc2ccccc2c1)CC(=O)Nc1ccccc1C(F)(F)F. The fraction of sp³-hybridized carbons (Fsp3) is 0.182. The maximum Gasteiger partial charge on any atom is 0.418 e. The number of alkyl halides is 3. The third kappa shape index (κ3) is 5.57. The van der Waals surface area contributed by atoms with Gasteiger partial charge in [0.1, 0.15) is 0 Å². The van der Waals surface area contributed by atoms with E-state index in [9.17, 15) is 22.8 Å². The number of para-hydroxylation sites is 1. The number of nitrogens with zero attached hydrogens (tertiary/aromatic N) is 1. The van der Waals surface area contributed by atoms with E-state index in [0.29, 0.717) is 5.69 Å². The van der Waals surface area contributed by atoms with Crippen molar-refractivity contribution in [3.05, 3.63) is 72.3 Å². The largest absolute Gasteiger partial charge is 0.418 e. The average Bonchev–Trinajstić information content (AvgIpc) is 2.67. The molecule has 5 nitrogen and oxygen atoms in total. The van der Waals surface area contributed by atoms with Gasteiger partial charge in [0.25, 0.3) is 0 Å². The molecule has 0 aromatic heterocycles. The summed E-state index contributed by atoms with van der Waals surface area (Å²) in [4.78, 5) is 25.8. The van der Waals surface area contributed by atoms with Crippen molar-refractivity contribution in [2.45, 2.75) is 6.18 Å². The van der Waals surface area contributed by atoms with Gasteiger partial charge in [-0.15, -0.1) is 0 Å². The molecule has 3 rings (SSSR count). The molecule has 0 bridgehead atoms. The maximum absolute atomic E-state index is 13.0. The average molecular weight is 415 g/mol. The summed E-state index contributed by atoms with van der Waals surface area (Å²) in [5.41, 5.74) is -0.616. The van der Waals surface area contributed by atoms with Crippen molar-refractivity contribution in [3.8, 4) is 0 Å². The zero-order valence-electron chi connectivity index (χ0n) is 16.2. The first kappa shape index (κ1) is 21.3. The van der Waals surface area contributed by atoms with Crippen LogP contribution in [0.2, 0.25) is 0 Å². The van der Waals surface area contributed by atoms with Crippen LogP contribution in [0.25, 0.3) is 10.8 Å². The molecule has 0 unspecified atom stereocenters. The summed E-state index contributed by atoms with van der Waals surface area (Å²) < 4.78 is 39.1. The second kappa shape index (κ2) is 8.96. The summed E-state index contributed by atoms with van der Waals surface area (Å²) in [6.45, 7) is -0.335. The Labute approximate surface area is 171 Å². The van der Waals surface area contributed by atoms with Gasteiger partial charge in [0.2, 0.25) is 11.8 Å². The number of rotatable bonds is 6. The molecule has 0 aliphatic heterocycles. The highest BCUT2D eigenvalue weighted by Gasteiger charge is 2.33. The molecule has 156 valence electrons.